The summed E-state index contributed by atoms with van der Waals surface area (Å²) < 4.78 is 29.5. The summed E-state index contributed by atoms with van der Waals surface area (Å²) in [6.07, 6.45) is 4.42. The van der Waals surface area contributed by atoms with Crippen LogP contribution in [-0.4, -0.2) is 26.4 Å². The number of carbonyl (C=O) groups excluding carboxylic acids is 1. The highest BCUT2D eigenvalue weighted by atomic mass is 19.3. The largest absolute Gasteiger partial charge is 0.402 e. The molecule has 4 rings (SSSR count). The van der Waals surface area contributed by atoms with Crippen LogP contribution in [0.5, 0.6) is 0 Å². The predicted octanol–water partition coefficient (Wildman–Crippen LogP) is 5.61. The third-order valence-electron chi connectivity index (χ3n) is 6.87. The highest BCUT2D eigenvalue weighted by Gasteiger charge is 2.35. The zero-order valence-corrected chi connectivity index (χ0v) is 19.9. The van der Waals surface area contributed by atoms with Crippen molar-refractivity contribution in [1.82, 2.24) is 9.55 Å². The fourth-order valence-corrected chi connectivity index (χ4v) is 4.94. The number of pyridine rings is 1. The first-order chi connectivity index (χ1) is 16.1. The number of halogens is 2. The van der Waals surface area contributed by atoms with Crippen molar-refractivity contribution in [3.05, 3.63) is 59.0 Å². The Morgan fingerprint density at radius 3 is 2.56 bits per heavy atom. The van der Waals surface area contributed by atoms with Crippen LogP contribution in [0.2, 0.25) is 0 Å². The van der Waals surface area contributed by atoms with Crippen molar-refractivity contribution >= 4 is 22.4 Å². The molecule has 1 aliphatic rings. The fourth-order valence-electron chi connectivity index (χ4n) is 4.94. The summed E-state index contributed by atoms with van der Waals surface area (Å²) in [6, 6.07) is 7.83. The molecule has 0 aliphatic heterocycles. The molecule has 5 nitrogen and oxygen atoms in total. The Kier molecular flexibility index (Phi) is 6.58. The van der Waals surface area contributed by atoms with Gasteiger partial charge in [0.25, 0.3) is 0 Å². The van der Waals surface area contributed by atoms with E-state index in [1.807, 2.05) is 37.4 Å². The van der Waals surface area contributed by atoms with E-state index in [1.165, 1.54) is 6.92 Å². The van der Waals surface area contributed by atoms with Gasteiger partial charge in [0.15, 0.2) is 5.78 Å². The van der Waals surface area contributed by atoms with E-state index in [2.05, 4.69) is 4.57 Å². The minimum Gasteiger partial charge on any atom is -0.402 e. The van der Waals surface area contributed by atoms with Crippen molar-refractivity contribution in [3.63, 3.8) is 0 Å². The lowest BCUT2D eigenvalue weighted by molar-refractivity contribution is -0.111. The Bertz CT molecular complexity index is 1260. The molecule has 1 fully saturated rings. The van der Waals surface area contributed by atoms with E-state index in [0.29, 0.717) is 36.2 Å². The summed E-state index contributed by atoms with van der Waals surface area (Å²) in [4.78, 5) is 17.0. The van der Waals surface area contributed by atoms with Crippen LogP contribution in [-0.2, 0) is 17.9 Å². The molecule has 180 valence electrons. The normalized spacial score (nSPS) is 17.1. The van der Waals surface area contributed by atoms with Gasteiger partial charge in [-0.15, -0.1) is 0 Å². The molecule has 3 N–H and O–H groups in total. The van der Waals surface area contributed by atoms with Crippen LogP contribution in [0.4, 0.5) is 8.78 Å². The van der Waals surface area contributed by atoms with E-state index in [4.69, 9.17) is 10.7 Å². The fraction of sp³-hybridized carbons (Fsp3) is 0.407. The second-order valence-electron chi connectivity index (χ2n) is 9.50. The second kappa shape index (κ2) is 9.29. The summed E-state index contributed by atoms with van der Waals surface area (Å²) in [5, 5.41) is 9.74. The van der Waals surface area contributed by atoms with Gasteiger partial charge in [-0.1, -0.05) is 12.1 Å². The van der Waals surface area contributed by atoms with Gasteiger partial charge >= 0.3 is 0 Å². The number of hydrogen-bond acceptors (Lipinski definition) is 4. The average Bonchev–Trinajstić information content (AvgIpc) is 3.13. The molecule has 1 aliphatic carbocycles. The first-order valence-electron chi connectivity index (χ1n) is 11.6. The van der Waals surface area contributed by atoms with E-state index in [1.54, 1.807) is 13.1 Å². The first kappa shape index (κ1) is 24.1. The van der Waals surface area contributed by atoms with Gasteiger partial charge in [0.2, 0.25) is 5.92 Å². The van der Waals surface area contributed by atoms with Crippen LogP contribution in [0.1, 0.15) is 56.2 Å². The third kappa shape index (κ3) is 4.75. The topological polar surface area (TPSA) is 81.1 Å². The number of aliphatic hydroxyl groups excluding tert-OH is 1. The number of aryl methyl sites for hydroxylation is 1. The molecule has 7 heteroatoms. The number of fused-ring (bicyclic) bond motifs is 1. The minimum absolute atomic E-state index is 0.0608. The van der Waals surface area contributed by atoms with Gasteiger partial charge in [-0.3, -0.25) is 9.78 Å². The van der Waals surface area contributed by atoms with Crippen molar-refractivity contribution in [1.29, 1.82) is 0 Å². The maximum absolute atomic E-state index is 13.7. The minimum atomic E-state index is -2.57. The molecule has 0 unspecified atom stereocenters. The average molecular weight is 468 g/mol. The third-order valence-corrected chi connectivity index (χ3v) is 6.87. The molecule has 0 bridgehead atoms. The van der Waals surface area contributed by atoms with Crippen molar-refractivity contribution in [2.24, 2.45) is 11.7 Å². The number of aliphatic hydroxyl groups is 1. The lowest BCUT2D eigenvalue weighted by Gasteiger charge is -2.28. The van der Waals surface area contributed by atoms with E-state index >= 15 is 0 Å². The lowest BCUT2D eigenvalue weighted by Crippen LogP contribution is -2.26. The number of allylic oxidation sites excluding steroid dienone is 2. The lowest BCUT2D eigenvalue weighted by atomic mass is 9.87. The van der Waals surface area contributed by atoms with Gasteiger partial charge < -0.3 is 15.4 Å². The zero-order chi connectivity index (χ0) is 24.6. The van der Waals surface area contributed by atoms with Crippen LogP contribution in [0.3, 0.4) is 0 Å². The molecule has 2 heterocycles. The van der Waals surface area contributed by atoms with Crippen LogP contribution in [0, 0.1) is 12.8 Å². The maximum Gasteiger partial charge on any atom is 0.248 e. The Morgan fingerprint density at radius 2 is 1.94 bits per heavy atom. The summed E-state index contributed by atoms with van der Waals surface area (Å²) in [5.41, 5.74) is 12.7. The zero-order valence-electron chi connectivity index (χ0n) is 19.9. The highest BCUT2D eigenvalue weighted by molar-refractivity contribution is 6.20. The van der Waals surface area contributed by atoms with E-state index < -0.39 is 5.92 Å². The van der Waals surface area contributed by atoms with Crippen molar-refractivity contribution in [2.75, 3.05) is 0 Å². The number of rotatable bonds is 6. The number of nitrogens with zero attached hydrogens (tertiary/aromatic N) is 2. The van der Waals surface area contributed by atoms with Gasteiger partial charge in [0.05, 0.1) is 17.6 Å². The maximum atomic E-state index is 13.7. The van der Waals surface area contributed by atoms with Crippen LogP contribution >= 0.6 is 0 Å². The van der Waals surface area contributed by atoms with Gasteiger partial charge in [-0.25, -0.2) is 8.78 Å². The Hall–Kier alpha value is -3.06. The van der Waals surface area contributed by atoms with Crippen molar-refractivity contribution in [3.8, 4) is 11.1 Å². The van der Waals surface area contributed by atoms with E-state index in [9.17, 15) is 18.7 Å². The number of Topliss-reactive ketones (excluding diaryl/α,β-unsaturated/α-hetero) is 1. The van der Waals surface area contributed by atoms with Crippen LogP contribution < -0.4 is 5.73 Å². The molecule has 0 radical (unpaired) electrons. The molecule has 2 aromatic heterocycles. The standard InChI is InChI=1S/C27H31F2N3O2/c1-16-4-5-20(10-22(16)15-33)23-14-32(13-19-6-8-27(28,29)9-7-19)24-11-21(12-31-26(23)24)25(17(2)30)18(3)34/h4-5,10-12,14,19,33H,6-9,13,15,30H2,1-3H3. The SMILES string of the molecule is CC(=O)C(=C(C)N)c1cnc2c(-c3ccc(C)c(CO)c3)cn(CC3CCC(F)(F)CC3)c2c1. The molecule has 0 amide bonds. The van der Waals surface area contributed by atoms with Gasteiger partial charge in [-0.2, -0.15) is 0 Å². The van der Waals surface area contributed by atoms with Crippen LogP contribution in [0.25, 0.3) is 27.7 Å². The van der Waals surface area contributed by atoms with Crippen molar-refractivity contribution in [2.45, 2.75) is 65.5 Å². The van der Waals surface area contributed by atoms with Gasteiger partial charge in [0.1, 0.15) is 0 Å². The number of carbonyl (C=O) groups is 1. The van der Waals surface area contributed by atoms with Gasteiger partial charge in [-0.05, 0) is 68.4 Å². The number of hydrogen-bond donors (Lipinski definition) is 2. The molecular weight excluding hydrogens is 436 g/mol. The first-order valence-corrected chi connectivity index (χ1v) is 11.6. The quantitative estimate of drug-likeness (QED) is 0.462. The van der Waals surface area contributed by atoms with E-state index in [0.717, 1.165) is 33.3 Å². The number of ketones is 1. The molecule has 0 atom stereocenters. The molecule has 34 heavy (non-hydrogen) atoms. The van der Waals surface area contributed by atoms with Crippen LogP contribution in [0.15, 0.2) is 42.4 Å². The molecular formula is C27H31F2N3O2. The predicted molar refractivity (Wildman–Crippen MR) is 130 cm³/mol. The van der Waals surface area contributed by atoms with Gasteiger partial charge in [0, 0.05) is 54.2 Å². The Balaban J connectivity index is 1.84. The molecule has 0 saturated heterocycles. The summed E-state index contributed by atoms with van der Waals surface area (Å²) in [7, 11) is 0. The Labute approximate surface area is 198 Å². The van der Waals surface area contributed by atoms with Crippen molar-refractivity contribution < 1.29 is 18.7 Å². The monoisotopic (exact) mass is 467 g/mol. The highest BCUT2D eigenvalue weighted by Crippen LogP contribution is 2.38. The molecule has 3 aromatic rings. The number of nitrogens with two attached hydrogens (primary N) is 1. The second-order valence-corrected chi connectivity index (χ2v) is 9.50. The number of benzene rings is 1. The number of aromatic nitrogens is 2. The summed E-state index contributed by atoms with van der Waals surface area (Å²) in [6.45, 7) is 5.65. The number of alkyl halides is 2. The smallest absolute Gasteiger partial charge is 0.248 e. The molecule has 1 saturated carbocycles. The molecule has 0 spiro atoms. The summed E-state index contributed by atoms with van der Waals surface area (Å²) in [5.74, 6) is -2.57. The molecule has 1 aromatic carbocycles. The van der Waals surface area contributed by atoms with E-state index in [-0.39, 0.29) is 31.1 Å². The summed E-state index contributed by atoms with van der Waals surface area (Å²) >= 11 is 0. The Morgan fingerprint density at radius 1 is 1.24 bits per heavy atom.